The molecule has 2 atom stereocenters. The van der Waals surface area contributed by atoms with E-state index in [1.165, 1.54) is 18.7 Å². The van der Waals surface area contributed by atoms with Gasteiger partial charge in [-0.2, -0.15) is 0 Å². The summed E-state index contributed by atoms with van der Waals surface area (Å²) in [5.41, 5.74) is 0. The molecule has 1 aromatic rings. The van der Waals surface area contributed by atoms with Gasteiger partial charge < -0.3 is 9.88 Å². The molecule has 0 amide bonds. The number of nitrogens with zero attached hydrogens (tertiary/aromatic N) is 2. The fourth-order valence-corrected chi connectivity index (χ4v) is 2.09. The first-order chi connectivity index (χ1) is 7.19. The number of rotatable bonds is 6. The van der Waals surface area contributed by atoms with Crippen molar-refractivity contribution in [3.05, 3.63) is 18.2 Å². The maximum atomic E-state index is 4.34. The Bertz CT molecular complexity index is 276. The molecule has 1 aromatic heterocycles. The highest BCUT2D eigenvalue weighted by Crippen LogP contribution is 2.13. The van der Waals surface area contributed by atoms with Crippen molar-refractivity contribution < 1.29 is 0 Å². The van der Waals surface area contributed by atoms with Crippen LogP contribution >= 0.6 is 0 Å². The molecule has 0 saturated heterocycles. The van der Waals surface area contributed by atoms with Gasteiger partial charge in [0.25, 0.3) is 0 Å². The number of aromatic nitrogens is 2. The highest BCUT2D eigenvalue weighted by Gasteiger charge is 2.13. The van der Waals surface area contributed by atoms with Crippen molar-refractivity contribution in [2.45, 2.75) is 39.2 Å². The van der Waals surface area contributed by atoms with Crippen LogP contribution in [-0.2, 0) is 13.5 Å². The van der Waals surface area contributed by atoms with Gasteiger partial charge in [-0.15, -0.1) is 0 Å². The van der Waals surface area contributed by atoms with Crippen LogP contribution in [0, 0.1) is 5.92 Å². The third-order valence-electron chi connectivity index (χ3n) is 3.24. The van der Waals surface area contributed by atoms with Crippen molar-refractivity contribution in [3.63, 3.8) is 0 Å². The molecule has 0 spiro atoms. The summed E-state index contributed by atoms with van der Waals surface area (Å²) in [6.07, 6.45) is 7.34. The fourth-order valence-electron chi connectivity index (χ4n) is 2.09. The standard InChI is InChI=1S/C12H23N3/c1-5-11(13-3)10(2)6-7-12-14-8-9-15(12)4/h8-11,13H,5-7H2,1-4H3. The lowest BCUT2D eigenvalue weighted by Crippen LogP contribution is -2.31. The normalized spacial score (nSPS) is 15.2. The van der Waals surface area contributed by atoms with Crippen LogP contribution in [0.5, 0.6) is 0 Å². The predicted octanol–water partition coefficient (Wildman–Crippen LogP) is 1.99. The Morgan fingerprint density at radius 3 is 2.73 bits per heavy atom. The van der Waals surface area contributed by atoms with Gasteiger partial charge in [0.2, 0.25) is 0 Å². The van der Waals surface area contributed by atoms with Crippen LogP contribution in [0.3, 0.4) is 0 Å². The highest BCUT2D eigenvalue weighted by atomic mass is 15.0. The number of hydrogen-bond acceptors (Lipinski definition) is 2. The summed E-state index contributed by atoms with van der Waals surface area (Å²) < 4.78 is 2.10. The van der Waals surface area contributed by atoms with E-state index in [0.717, 1.165) is 6.42 Å². The second-order valence-electron chi connectivity index (χ2n) is 4.27. The minimum absolute atomic E-state index is 0.630. The summed E-state index contributed by atoms with van der Waals surface area (Å²) in [4.78, 5) is 4.34. The molecule has 0 aliphatic rings. The molecule has 0 aromatic carbocycles. The number of imidazole rings is 1. The van der Waals surface area contributed by atoms with E-state index in [0.29, 0.717) is 12.0 Å². The van der Waals surface area contributed by atoms with Crippen LogP contribution in [0.25, 0.3) is 0 Å². The predicted molar refractivity (Wildman–Crippen MR) is 63.8 cm³/mol. The second-order valence-corrected chi connectivity index (χ2v) is 4.27. The first-order valence-corrected chi connectivity index (χ1v) is 5.82. The summed E-state index contributed by atoms with van der Waals surface area (Å²) in [6, 6.07) is 0.630. The van der Waals surface area contributed by atoms with Crippen LogP contribution in [0.4, 0.5) is 0 Å². The molecule has 0 aliphatic heterocycles. The van der Waals surface area contributed by atoms with E-state index in [4.69, 9.17) is 0 Å². The van der Waals surface area contributed by atoms with Gasteiger partial charge in [-0.05, 0) is 25.8 Å². The van der Waals surface area contributed by atoms with E-state index in [1.807, 2.05) is 19.4 Å². The molecule has 3 heteroatoms. The SMILES string of the molecule is CCC(NC)C(C)CCc1nccn1C. The molecule has 3 nitrogen and oxygen atoms in total. The van der Waals surface area contributed by atoms with Crippen molar-refractivity contribution in [3.8, 4) is 0 Å². The summed E-state index contributed by atoms with van der Waals surface area (Å²) in [5.74, 6) is 1.89. The summed E-state index contributed by atoms with van der Waals surface area (Å²) in [6.45, 7) is 4.55. The quantitative estimate of drug-likeness (QED) is 0.776. The Labute approximate surface area is 92.9 Å². The largest absolute Gasteiger partial charge is 0.338 e. The number of nitrogens with one attached hydrogen (secondary N) is 1. The van der Waals surface area contributed by atoms with Crippen LogP contribution in [0.15, 0.2) is 12.4 Å². The average Bonchev–Trinajstić information content (AvgIpc) is 2.63. The lowest BCUT2D eigenvalue weighted by Gasteiger charge is -2.21. The lowest BCUT2D eigenvalue weighted by atomic mass is 9.94. The fraction of sp³-hybridized carbons (Fsp3) is 0.750. The number of hydrogen-bond donors (Lipinski definition) is 1. The molecule has 0 saturated carbocycles. The molecule has 0 aliphatic carbocycles. The minimum Gasteiger partial charge on any atom is -0.338 e. The maximum Gasteiger partial charge on any atom is 0.108 e. The molecule has 1 rings (SSSR count). The van der Waals surface area contributed by atoms with Gasteiger partial charge in [0.15, 0.2) is 0 Å². The molecule has 0 radical (unpaired) electrons. The second kappa shape index (κ2) is 5.91. The van der Waals surface area contributed by atoms with Crippen molar-refractivity contribution in [2.75, 3.05) is 7.05 Å². The summed E-state index contributed by atoms with van der Waals surface area (Å²) >= 11 is 0. The van der Waals surface area contributed by atoms with E-state index in [-0.39, 0.29) is 0 Å². The first-order valence-electron chi connectivity index (χ1n) is 5.82. The van der Waals surface area contributed by atoms with E-state index < -0.39 is 0 Å². The van der Waals surface area contributed by atoms with Gasteiger partial charge in [0.05, 0.1) is 0 Å². The van der Waals surface area contributed by atoms with Crippen molar-refractivity contribution in [2.24, 2.45) is 13.0 Å². The molecule has 2 unspecified atom stereocenters. The third-order valence-corrected chi connectivity index (χ3v) is 3.24. The van der Waals surface area contributed by atoms with Crippen LogP contribution in [0.1, 0.15) is 32.5 Å². The zero-order valence-corrected chi connectivity index (χ0v) is 10.3. The van der Waals surface area contributed by atoms with E-state index >= 15 is 0 Å². The van der Waals surface area contributed by atoms with Gasteiger partial charge >= 0.3 is 0 Å². The Morgan fingerprint density at radius 2 is 2.27 bits per heavy atom. The Kier molecular flexibility index (Phi) is 4.82. The van der Waals surface area contributed by atoms with Gasteiger partial charge in [-0.1, -0.05) is 13.8 Å². The van der Waals surface area contributed by atoms with E-state index in [2.05, 4.69) is 35.8 Å². The summed E-state index contributed by atoms with van der Waals surface area (Å²) in [7, 11) is 4.10. The lowest BCUT2D eigenvalue weighted by molar-refractivity contribution is 0.365. The van der Waals surface area contributed by atoms with Gasteiger partial charge in [-0.3, -0.25) is 0 Å². The molecule has 15 heavy (non-hydrogen) atoms. The molecular formula is C12H23N3. The first kappa shape index (κ1) is 12.2. The Hall–Kier alpha value is -0.830. The molecule has 0 fully saturated rings. The Balaban J connectivity index is 2.40. The topological polar surface area (TPSA) is 29.9 Å². The average molecular weight is 209 g/mol. The van der Waals surface area contributed by atoms with Crippen molar-refractivity contribution >= 4 is 0 Å². The minimum atomic E-state index is 0.630. The Morgan fingerprint density at radius 1 is 1.53 bits per heavy atom. The maximum absolute atomic E-state index is 4.34. The zero-order chi connectivity index (χ0) is 11.3. The highest BCUT2D eigenvalue weighted by molar-refractivity contribution is 4.91. The molecule has 0 bridgehead atoms. The smallest absolute Gasteiger partial charge is 0.108 e. The molecule has 1 heterocycles. The van der Waals surface area contributed by atoms with Crippen LogP contribution in [-0.4, -0.2) is 22.6 Å². The zero-order valence-electron chi connectivity index (χ0n) is 10.3. The van der Waals surface area contributed by atoms with E-state index in [1.54, 1.807) is 0 Å². The molecular weight excluding hydrogens is 186 g/mol. The number of aryl methyl sites for hydroxylation is 2. The van der Waals surface area contributed by atoms with Crippen molar-refractivity contribution in [1.82, 2.24) is 14.9 Å². The third kappa shape index (κ3) is 3.34. The molecule has 1 N–H and O–H groups in total. The monoisotopic (exact) mass is 209 g/mol. The van der Waals surface area contributed by atoms with E-state index in [9.17, 15) is 0 Å². The van der Waals surface area contributed by atoms with Crippen LogP contribution in [0.2, 0.25) is 0 Å². The van der Waals surface area contributed by atoms with Crippen molar-refractivity contribution in [1.29, 1.82) is 0 Å². The summed E-state index contributed by atoms with van der Waals surface area (Å²) in [5, 5.41) is 3.37. The van der Waals surface area contributed by atoms with Gasteiger partial charge in [0.1, 0.15) is 5.82 Å². The van der Waals surface area contributed by atoms with Crippen LogP contribution < -0.4 is 5.32 Å². The van der Waals surface area contributed by atoms with Gasteiger partial charge in [0, 0.05) is 31.9 Å². The van der Waals surface area contributed by atoms with Gasteiger partial charge in [-0.25, -0.2) is 4.98 Å². The molecule has 86 valence electrons.